The summed E-state index contributed by atoms with van der Waals surface area (Å²) in [7, 11) is 6.99. The van der Waals surface area contributed by atoms with Gasteiger partial charge in [-0.05, 0) is 75.3 Å². The van der Waals surface area contributed by atoms with E-state index < -0.39 is 4.92 Å². The number of likely N-dealkylation sites (tertiary alicyclic amines) is 1. The summed E-state index contributed by atoms with van der Waals surface area (Å²) in [6.45, 7) is 1.04. The van der Waals surface area contributed by atoms with Gasteiger partial charge in [0.15, 0.2) is 16.6 Å². The van der Waals surface area contributed by atoms with Gasteiger partial charge in [-0.1, -0.05) is 6.07 Å². The number of nitrogens with one attached hydrogen (secondary N) is 2. The number of anilines is 1. The fraction of sp³-hybridized carbons (Fsp3) is 0.480. The fourth-order valence-electron chi connectivity index (χ4n) is 5.64. The van der Waals surface area contributed by atoms with Crippen LogP contribution in [0.2, 0.25) is 0 Å². The van der Waals surface area contributed by atoms with Crippen molar-refractivity contribution in [2.45, 2.75) is 43.2 Å². The normalized spacial score (nSPS) is 23.8. The molecule has 0 spiro atoms. The molecule has 1 aliphatic heterocycles. The third-order valence-electron chi connectivity index (χ3n) is 7.47. The summed E-state index contributed by atoms with van der Waals surface area (Å²) in [6.07, 6.45) is 4.04. The third-order valence-corrected chi connectivity index (χ3v) is 7.68. The number of nitrogens with zero attached hydrogens (tertiary/aromatic N) is 2. The van der Waals surface area contributed by atoms with Crippen molar-refractivity contribution in [2.75, 3.05) is 40.2 Å². The van der Waals surface area contributed by atoms with Crippen molar-refractivity contribution >= 4 is 28.7 Å². The van der Waals surface area contributed by atoms with E-state index in [-0.39, 0.29) is 17.1 Å². The van der Waals surface area contributed by atoms with Gasteiger partial charge in [0.1, 0.15) is 5.75 Å². The molecule has 3 atom stereocenters. The average Bonchev–Trinajstić information content (AvgIpc) is 3.20. The van der Waals surface area contributed by atoms with Gasteiger partial charge in [0, 0.05) is 23.6 Å². The lowest BCUT2D eigenvalue weighted by molar-refractivity contribution is -0.384. The van der Waals surface area contributed by atoms with Gasteiger partial charge in [-0.25, -0.2) is 0 Å². The van der Waals surface area contributed by atoms with Crippen LogP contribution in [0.4, 0.5) is 11.4 Å². The summed E-state index contributed by atoms with van der Waals surface area (Å²) in [5, 5.41) is 18.1. The zero-order valence-corrected chi connectivity index (χ0v) is 21.3. The highest BCUT2D eigenvalue weighted by atomic mass is 32.1. The highest BCUT2D eigenvalue weighted by Crippen LogP contribution is 2.49. The smallest absolute Gasteiger partial charge is 0.273 e. The van der Waals surface area contributed by atoms with Crippen LogP contribution in [0.5, 0.6) is 17.2 Å². The van der Waals surface area contributed by atoms with Crippen LogP contribution in [0.1, 0.15) is 31.2 Å². The molecule has 2 aliphatic rings. The van der Waals surface area contributed by atoms with E-state index in [1.807, 2.05) is 6.07 Å². The lowest BCUT2D eigenvalue weighted by Crippen LogP contribution is -2.52. The van der Waals surface area contributed by atoms with E-state index in [0.717, 1.165) is 43.7 Å². The van der Waals surface area contributed by atoms with Crippen LogP contribution in [-0.4, -0.2) is 61.9 Å². The van der Waals surface area contributed by atoms with Crippen LogP contribution in [0.3, 0.4) is 0 Å². The first-order valence-electron chi connectivity index (χ1n) is 11.6. The first-order chi connectivity index (χ1) is 16.8. The van der Waals surface area contributed by atoms with Crippen LogP contribution in [0.25, 0.3) is 0 Å². The lowest BCUT2D eigenvalue weighted by Gasteiger charge is -2.45. The topological polar surface area (TPSA) is 98.1 Å². The predicted octanol–water partition coefficient (Wildman–Crippen LogP) is 4.10. The standard InChI is InChI=1S/C25H32N4O5S/c1-28-12-11-25(16-5-8-20(32-2)22(13-16)34-4)10-9-17(14-23(25)28)26-24(35)27-19-7-6-18(29(30)31)15-21(19)33-3/h5-8,13,15,17,23H,9-12,14H2,1-4H3,(H2,26,27,35)/t17-,23+,25+/m1/s1. The summed E-state index contributed by atoms with van der Waals surface area (Å²) in [5.41, 5.74) is 1.90. The molecule has 1 heterocycles. The van der Waals surface area contributed by atoms with Crippen molar-refractivity contribution in [1.29, 1.82) is 0 Å². The Balaban J connectivity index is 1.47. The summed E-state index contributed by atoms with van der Waals surface area (Å²) in [6, 6.07) is 11.3. The largest absolute Gasteiger partial charge is 0.494 e. The molecular formula is C25H32N4O5S. The van der Waals surface area contributed by atoms with Crippen molar-refractivity contribution in [2.24, 2.45) is 0 Å². The minimum Gasteiger partial charge on any atom is -0.494 e. The highest BCUT2D eigenvalue weighted by molar-refractivity contribution is 7.80. The number of rotatable bonds is 7. The van der Waals surface area contributed by atoms with Crippen molar-refractivity contribution < 1.29 is 19.1 Å². The summed E-state index contributed by atoms with van der Waals surface area (Å²) in [5.74, 6) is 1.87. The molecule has 0 aromatic heterocycles. The number of non-ortho nitro benzene ring substituents is 1. The van der Waals surface area contributed by atoms with Gasteiger partial charge in [-0.2, -0.15) is 0 Å². The van der Waals surface area contributed by atoms with Crippen LogP contribution < -0.4 is 24.8 Å². The molecule has 1 saturated carbocycles. The second-order valence-corrected chi connectivity index (χ2v) is 9.59. The Morgan fingerprint density at radius 3 is 2.51 bits per heavy atom. The Labute approximate surface area is 210 Å². The number of hydrogen-bond acceptors (Lipinski definition) is 7. The summed E-state index contributed by atoms with van der Waals surface area (Å²) >= 11 is 5.58. The van der Waals surface area contributed by atoms with E-state index in [1.54, 1.807) is 20.3 Å². The number of ether oxygens (including phenoxy) is 3. The Kier molecular flexibility index (Phi) is 7.32. The quantitative estimate of drug-likeness (QED) is 0.331. The molecule has 2 N–H and O–H groups in total. The van der Waals surface area contributed by atoms with E-state index in [1.165, 1.54) is 24.8 Å². The van der Waals surface area contributed by atoms with Crippen LogP contribution in [0.15, 0.2) is 36.4 Å². The second-order valence-electron chi connectivity index (χ2n) is 9.18. The molecule has 4 rings (SSSR count). The molecule has 1 aliphatic carbocycles. The summed E-state index contributed by atoms with van der Waals surface area (Å²) in [4.78, 5) is 13.0. The van der Waals surface area contributed by atoms with Gasteiger partial charge < -0.3 is 29.7 Å². The van der Waals surface area contributed by atoms with Crippen molar-refractivity contribution in [1.82, 2.24) is 10.2 Å². The highest BCUT2D eigenvalue weighted by Gasteiger charge is 2.50. The van der Waals surface area contributed by atoms with Crippen molar-refractivity contribution in [3.63, 3.8) is 0 Å². The Morgan fingerprint density at radius 2 is 1.83 bits per heavy atom. The monoisotopic (exact) mass is 500 g/mol. The van der Waals surface area contributed by atoms with Gasteiger partial charge in [0.05, 0.1) is 38.0 Å². The zero-order valence-electron chi connectivity index (χ0n) is 20.5. The van der Waals surface area contributed by atoms with E-state index in [9.17, 15) is 10.1 Å². The third kappa shape index (κ3) is 4.85. The first-order valence-corrected chi connectivity index (χ1v) is 12.0. The van der Waals surface area contributed by atoms with Gasteiger partial charge in [-0.3, -0.25) is 10.1 Å². The van der Waals surface area contributed by atoms with Crippen molar-refractivity contribution in [3.8, 4) is 17.2 Å². The molecular weight excluding hydrogens is 468 g/mol. The van der Waals surface area contributed by atoms with Gasteiger partial charge in [0.25, 0.3) is 5.69 Å². The van der Waals surface area contributed by atoms with E-state index >= 15 is 0 Å². The van der Waals surface area contributed by atoms with Crippen molar-refractivity contribution in [3.05, 3.63) is 52.1 Å². The molecule has 0 unspecified atom stereocenters. The SMILES string of the molecule is COc1cc([N+](=O)[O-])ccc1NC(=S)N[C@@H]1CC[C@@]2(c3ccc(OC)c(OC)c3)CCN(C)[C@H]2C1. The number of benzene rings is 2. The zero-order chi connectivity index (χ0) is 25.2. The minimum atomic E-state index is -0.451. The molecule has 2 fully saturated rings. The van der Waals surface area contributed by atoms with E-state index in [2.05, 4.69) is 34.7 Å². The second kappa shape index (κ2) is 10.2. The molecule has 10 heteroatoms. The summed E-state index contributed by atoms with van der Waals surface area (Å²) < 4.78 is 16.3. The molecule has 9 nitrogen and oxygen atoms in total. The molecule has 0 bridgehead atoms. The predicted molar refractivity (Wildman–Crippen MR) is 139 cm³/mol. The van der Waals surface area contributed by atoms with Crippen LogP contribution >= 0.6 is 12.2 Å². The molecule has 0 radical (unpaired) electrons. The molecule has 0 amide bonds. The molecule has 2 aromatic rings. The maximum Gasteiger partial charge on any atom is 0.273 e. The van der Waals surface area contributed by atoms with E-state index in [4.69, 9.17) is 26.4 Å². The molecule has 2 aromatic carbocycles. The first kappa shape index (κ1) is 25.0. The number of thiocarbonyl (C=S) groups is 1. The number of hydrogen-bond donors (Lipinski definition) is 2. The van der Waals surface area contributed by atoms with Gasteiger partial charge in [0.2, 0.25) is 0 Å². The van der Waals surface area contributed by atoms with Gasteiger partial charge in [-0.15, -0.1) is 0 Å². The number of nitro benzene ring substituents is 1. The maximum absolute atomic E-state index is 11.1. The fourth-order valence-corrected chi connectivity index (χ4v) is 5.91. The molecule has 1 saturated heterocycles. The average molecular weight is 501 g/mol. The van der Waals surface area contributed by atoms with Gasteiger partial charge >= 0.3 is 0 Å². The van der Waals surface area contributed by atoms with Crippen LogP contribution in [0, 0.1) is 10.1 Å². The molecule has 35 heavy (non-hydrogen) atoms. The Hall–Kier alpha value is -3.11. The number of nitro groups is 1. The number of likely N-dealkylation sites (N-methyl/N-ethyl adjacent to an activating group) is 1. The number of methoxy groups -OCH3 is 3. The molecule has 188 valence electrons. The van der Waals surface area contributed by atoms with E-state index in [0.29, 0.717) is 22.6 Å². The maximum atomic E-state index is 11.1. The minimum absolute atomic E-state index is 0.0330. The Bertz CT molecular complexity index is 1110. The lowest BCUT2D eigenvalue weighted by atomic mass is 9.65. The number of fused-ring (bicyclic) bond motifs is 1. The van der Waals surface area contributed by atoms with Crippen LogP contribution in [-0.2, 0) is 5.41 Å². The Morgan fingerprint density at radius 1 is 1.09 bits per heavy atom.